The predicted octanol–water partition coefficient (Wildman–Crippen LogP) is 3.72. The fraction of sp³-hybridized carbons (Fsp3) is 0.295. The van der Waals surface area contributed by atoms with Crippen molar-refractivity contribution in [2.75, 3.05) is 7.11 Å². The molecule has 0 bridgehead atoms. The highest BCUT2D eigenvalue weighted by atomic mass is 16.7. The lowest BCUT2D eigenvalue weighted by molar-refractivity contribution is -0.312. The Kier molecular flexibility index (Phi) is 11.0. The van der Waals surface area contributed by atoms with Crippen molar-refractivity contribution in [1.29, 1.82) is 0 Å². The lowest BCUT2D eigenvalue weighted by Gasteiger charge is -2.46. The molecule has 18 nitrogen and oxygen atoms in total. The van der Waals surface area contributed by atoms with E-state index in [0.717, 1.165) is 18.2 Å². The topological polar surface area (TPSA) is 295 Å². The summed E-state index contributed by atoms with van der Waals surface area (Å²) in [5, 5.41) is 119. The number of esters is 1. The molecule has 3 aliphatic rings. The van der Waals surface area contributed by atoms with E-state index in [9.17, 15) is 61.0 Å². The maximum Gasteiger partial charge on any atom is 0.338 e. The Labute approximate surface area is 351 Å². The van der Waals surface area contributed by atoms with Crippen LogP contribution in [0.2, 0.25) is 0 Å². The highest BCUT2D eigenvalue weighted by Crippen LogP contribution is 2.58. The molecule has 3 aliphatic heterocycles. The third-order valence-electron chi connectivity index (χ3n) is 11.3. The largest absolute Gasteiger partial charge is 0.508 e. The predicted molar refractivity (Wildman–Crippen MR) is 211 cm³/mol. The smallest absolute Gasteiger partial charge is 0.338 e. The van der Waals surface area contributed by atoms with Gasteiger partial charge in [0, 0.05) is 46.9 Å². The van der Waals surface area contributed by atoms with Gasteiger partial charge in [0.15, 0.2) is 41.5 Å². The van der Waals surface area contributed by atoms with Crippen molar-refractivity contribution < 1.29 is 89.4 Å². The zero-order valence-corrected chi connectivity index (χ0v) is 32.8. The van der Waals surface area contributed by atoms with E-state index in [1.165, 1.54) is 74.7 Å². The first-order valence-electron chi connectivity index (χ1n) is 19.2. The zero-order valence-electron chi connectivity index (χ0n) is 32.8. The number of fused-ring (bicyclic) bond motifs is 2. The van der Waals surface area contributed by atoms with E-state index in [2.05, 4.69) is 0 Å². The average molecular weight is 859 g/mol. The Morgan fingerprint density at radius 3 is 2.05 bits per heavy atom. The van der Waals surface area contributed by atoms with Gasteiger partial charge < -0.3 is 84.6 Å². The summed E-state index contributed by atoms with van der Waals surface area (Å²) in [6, 6.07) is 16.3. The second-order valence-electron chi connectivity index (χ2n) is 15.2. The summed E-state index contributed by atoms with van der Waals surface area (Å²) in [5.41, 5.74) is 0.152. The minimum Gasteiger partial charge on any atom is -0.508 e. The molecule has 0 aromatic heterocycles. The molecule has 3 heterocycles. The van der Waals surface area contributed by atoms with E-state index in [1.807, 2.05) is 0 Å². The summed E-state index contributed by atoms with van der Waals surface area (Å²) in [6.07, 6.45) is -13.7. The summed E-state index contributed by atoms with van der Waals surface area (Å²) in [4.78, 5) is 13.7. The maximum absolute atomic E-state index is 13.7. The number of hydrogen-bond donors (Lipinski definition) is 11. The Morgan fingerprint density at radius 2 is 1.34 bits per heavy atom. The summed E-state index contributed by atoms with van der Waals surface area (Å²) >= 11 is 0. The molecule has 18 heteroatoms. The molecule has 0 radical (unpaired) electrons. The van der Waals surface area contributed by atoms with Crippen molar-refractivity contribution >= 4 is 5.97 Å². The van der Waals surface area contributed by atoms with Gasteiger partial charge in [-0.1, -0.05) is 18.2 Å². The molecule has 0 aliphatic carbocycles. The molecule has 5 aromatic carbocycles. The van der Waals surface area contributed by atoms with Crippen molar-refractivity contribution in [3.05, 3.63) is 112 Å². The Hall–Kier alpha value is -6.83. The standard InChI is InChI=1S/C44H42O18/c1-17-36(53)37(54)38(55)44(58-17)62-42-35(33-28(51)13-22(46)14-31(33)59-40(42)18-3-7-21(45)8-4-18)34-29(52)16-26(49)23-15-32(60-43(56)20-6-10-25(48)30(12-20)57-2)39(61-41(23)34)19-5-9-24(47)27(50)11-19/h3-14,16-17,32,35-40,42,44-55H,15H2,1-2H3. The number of ether oxygens (including phenoxy) is 6. The molecule has 0 saturated carbocycles. The van der Waals surface area contributed by atoms with Gasteiger partial charge in [0.1, 0.15) is 70.8 Å². The molecule has 62 heavy (non-hydrogen) atoms. The average Bonchev–Trinajstić information content (AvgIpc) is 3.23. The van der Waals surface area contributed by atoms with Crippen LogP contribution in [0, 0.1) is 0 Å². The van der Waals surface area contributed by atoms with Gasteiger partial charge >= 0.3 is 5.97 Å². The highest BCUT2D eigenvalue weighted by molar-refractivity contribution is 5.90. The number of aliphatic hydroxyl groups is 3. The Morgan fingerprint density at radius 1 is 0.645 bits per heavy atom. The van der Waals surface area contributed by atoms with E-state index in [4.69, 9.17) is 28.4 Å². The number of rotatable bonds is 8. The molecule has 0 spiro atoms. The van der Waals surface area contributed by atoms with Crippen LogP contribution in [-0.4, -0.2) is 112 Å². The van der Waals surface area contributed by atoms with E-state index >= 15 is 0 Å². The van der Waals surface area contributed by atoms with Gasteiger partial charge in [-0.25, -0.2) is 4.79 Å². The van der Waals surface area contributed by atoms with E-state index in [-0.39, 0.29) is 63.0 Å². The molecule has 10 unspecified atom stereocenters. The van der Waals surface area contributed by atoms with Gasteiger partial charge in [-0.15, -0.1) is 0 Å². The summed E-state index contributed by atoms with van der Waals surface area (Å²) in [6.45, 7) is 1.44. The quantitative estimate of drug-likeness (QED) is 0.0783. The number of hydrogen-bond acceptors (Lipinski definition) is 18. The molecule has 5 aromatic rings. The second kappa shape index (κ2) is 16.2. The number of benzene rings is 5. The molecule has 1 fully saturated rings. The number of carbonyl (C=O) groups is 1. The molecule has 0 amide bonds. The summed E-state index contributed by atoms with van der Waals surface area (Å²) < 4.78 is 36.5. The number of phenols is 8. The van der Waals surface area contributed by atoms with Gasteiger partial charge in [-0.05, 0) is 55.0 Å². The third-order valence-corrected chi connectivity index (χ3v) is 11.3. The van der Waals surface area contributed by atoms with Crippen LogP contribution in [0.15, 0.2) is 78.9 Å². The van der Waals surface area contributed by atoms with Gasteiger partial charge in [0.05, 0.1) is 24.7 Å². The van der Waals surface area contributed by atoms with Gasteiger partial charge in [-0.3, -0.25) is 0 Å². The van der Waals surface area contributed by atoms with Crippen LogP contribution in [0.25, 0.3) is 0 Å². The van der Waals surface area contributed by atoms with E-state index in [1.54, 1.807) is 0 Å². The van der Waals surface area contributed by atoms with Gasteiger partial charge in [0.25, 0.3) is 0 Å². The Bertz CT molecular complexity index is 2510. The first-order valence-corrected chi connectivity index (χ1v) is 19.2. The molecule has 326 valence electrons. The van der Waals surface area contributed by atoms with Crippen molar-refractivity contribution in [2.24, 2.45) is 0 Å². The molecular weight excluding hydrogens is 816 g/mol. The zero-order chi connectivity index (χ0) is 44.3. The van der Waals surface area contributed by atoms with Crippen LogP contribution in [0.3, 0.4) is 0 Å². The van der Waals surface area contributed by atoms with E-state index in [0.29, 0.717) is 5.56 Å². The van der Waals surface area contributed by atoms with Crippen LogP contribution in [0.5, 0.6) is 63.2 Å². The summed E-state index contributed by atoms with van der Waals surface area (Å²) in [7, 11) is 1.29. The first-order chi connectivity index (χ1) is 29.5. The fourth-order valence-corrected chi connectivity index (χ4v) is 8.16. The molecular formula is C44H42O18. The fourth-order valence-electron chi connectivity index (χ4n) is 8.16. The number of aromatic hydroxyl groups is 8. The summed E-state index contributed by atoms with van der Waals surface area (Å²) in [5.74, 6) is -6.27. The normalized spacial score (nSPS) is 26.6. The minimum atomic E-state index is -1.86. The second-order valence-corrected chi connectivity index (χ2v) is 15.2. The molecule has 10 atom stereocenters. The number of carbonyl (C=O) groups excluding carboxylic acids is 1. The lowest BCUT2D eigenvalue weighted by Crippen LogP contribution is -2.58. The molecule has 1 saturated heterocycles. The van der Waals surface area contributed by atoms with Crippen LogP contribution < -0.4 is 14.2 Å². The van der Waals surface area contributed by atoms with Crippen LogP contribution in [0.4, 0.5) is 0 Å². The lowest BCUT2D eigenvalue weighted by atomic mass is 9.77. The third kappa shape index (κ3) is 7.47. The van der Waals surface area contributed by atoms with E-state index < -0.39 is 102 Å². The van der Waals surface area contributed by atoms with Crippen molar-refractivity contribution in [1.82, 2.24) is 0 Å². The number of aliphatic hydroxyl groups excluding tert-OH is 3. The minimum absolute atomic E-state index is 0.0227. The number of phenolic OH excluding ortho intramolecular Hbond substituents is 8. The monoisotopic (exact) mass is 858 g/mol. The van der Waals surface area contributed by atoms with Gasteiger partial charge in [0.2, 0.25) is 0 Å². The van der Waals surface area contributed by atoms with Gasteiger partial charge in [-0.2, -0.15) is 0 Å². The van der Waals surface area contributed by atoms with Crippen molar-refractivity contribution in [3.63, 3.8) is 0 Å². The molecule has 8 rings (SSSR count). The van der Waals surface area contributed by atoms with Crippen LogP contribution in [0.1, 0.15) is 63.2 Å². The maximum atomic E-state index is 13.7. The Balaban J connectivity index is 1.32. The first kappa shape index (κ1) is 41.9. The van der Waals surface area contributed by atoms with Crippen molar-refractivity contribution in [3.8, 4) is 63.2 Å². The van der Waals surface area contributed by atoms with Crippen molar-refractivity contribution in [2.45, 2.75) is 74.4 Å². The number of methoxy groups -OCH3 is 1. The highest BCUT2D eigenvalue weighted by Gasteiger charge is 2.51. The van der Waals surface area contributed by atoms with Crippen LogP contribution >= 0.6 is 0 Å². The SMILES string of the molecule is COc1cc(C(=O)OC2Cc3c(O)cc(O)c(C4c5c(O)cc(O)cc5OC(c5ccc(O)cc5)C4OC4OC(C)C(O)C(O)C4O)c3OC2c2ccc(O)c(O)c2)ccc1O. The molecule has 11 N–H and O–H groups in total. The van der Waals surface area contributed by atoms with Crippen LogP contribution in [-0.2, 0) is 20.6 Å².